The Bertz CT molecular complexity index is 1260. The van der Waals surface area contributed by atoms with Gasteiger partial charge in [-0.05, 0) is 43.2 Å². The minimum absolute atomic E-state index is 0.0870. The fourth-order valence-electron chi connectivity index (χ4n) is 6.34. The smallest absolute Gasteiger partial charge is 0.257 e. The summed E-state index contributed by atoms with van der Waals surface area (Å²) < 4.78 is 41.9. The number of nitrogens with zero attached hydrogens (tertiary/aromatic N) is 2. The van der Waals surface area contributed by atoms with Gasteiger partial charge in [-0.25, -0.2) is 13.2 Å². The number of aromatic hydroxyl groups is 1. The number of benzene rings is 1. The molecule has 1 aromatic heterocycles. The van der Waals surface area contributed by atoms with Crippen LogP contribution >= 0.6 is 0 Å². The molecule has 3 fully saturated rings. The molecule has 2 saturated carbocycles. The van der Waals surface area contributed by atoms with Crippen molar-refractivity contribution in [1.82, 2.24) is 14.8 Å². The van der Waals surface area contributed by atoms with Crippen LogP contribution in [0.5, 0.6) is 5.75 Å². The Morgan fingerprint density at radius 3 is 2.62 bits per heavy atom. The van der Waals surface area contributed by atoms with Crippen molar-refractivity contribution >= 4 is 12.2 Å². The second-order valence-corrected chi connectivity index (χ2v) is 9.63. The average molecular weight is 475 g/mol. The number of aldehydes is 1. The van der Waals surface area contributed by atoms with Gasteiger partial charge in [-0.2, -0.15) is 0 Å². The zero-order chi connectivity index (χ0) is 24.5. The highest BCUT2D eigenvalue weighted by Crippen LogP contribution is 2.66. The molecular weight excluding hydrogens is 451 g/mol. The lowest BCUT2D eigenvalue weighted by molar-refractivity contribution is 0.0945. The summed E-state index contributed by atoms with van der Waals surface area (Å²) in [5, 5.41) is 12.7. The van der Waals surface area contributed by atoms with Crippen LogP contribution in [0.25, 0.3) is 0 Å². The Kier molecular flexibility index (Phi) is 5.31. The predicted molar refractivity (Wildman–Crippen MR) is 115 cm³/mol. The number of halogens is 3. The first-order chi connectivity index (χ1) is 16.1. The number of pyridine rings is 1. The van der Waals surface area contributed by atoms with Gasteiger partial charge in [-0.1, -0.05) is 6.92 Å². The van der Waals surface area contributed by atoms with Gasteiger partial charge in [0.2, 0.25) is 5.43 Å². The number of aromatic nitrogens is 1. The summed E-state index contributed by atoms with van der Waals surface area (Å²) in [6.45, 7) is 2.05. The minimum Gasteiger partial charge on any atom is -0.503 e. The Morgan fingerprint density at radius 2 is 1.91 bits per heavy atom. The monoisotopic (exact) mass is 475 g/mol. The molecule has 2 heterocycles. The topological polar surface area (TPSA) is 91.6 Å². The van der Waals surface area contributed by atoms with E-state index in [4.69, 9.17) is 0 Å². The standard InChI is InChI=1S/C24H24F3N3O4/c1-10-20-12-4-17(21(10)20)29(2)18(12)8-30-7-13(22(32)23(33)19(30)9-31)24(34)28-6-11-3-15(26)16(27)5-14(11)25/h3,5,7,9-10,12,17-18,20-21,33H,4,6,8H2,1-2H3,(H,28,34)/t10-,12?,17?,18?,20?,21?/m0/s1. The first kappa shape index (κ1) is 22.6. The Hall–Kier alpha value is -3.14. The molecule has 0 radical (unpaired) electrons. The highest BCUT2D eigenvalue weighted by Gasteiger charge is 2.67. The van der Waals surface area contributed by atoms with Crippen LogP contribution in [0.1, 0.15) is 39.8 Å². The number of rotatable bonds is 6. The zero-order valence-electron chi connectivity index (χ0n) is 18.6. The molecule has 2 aliphatic carbocycles. The van der Waals surface area contributed by atoms with E-state index in [1.807, 2.05) is 7.05 Å². The van der Waals surface area contributed by atoms with Crippen molar-refractivity contribution in [2.45, 2.75) is 38.5 Å². The maximum absolute atomic E-state index is 13.9. The van der Waals surface area contributed by atoms with E-state index in [0.717, 1.165) is 6.42 Å². The first-order valence-corrected chi connectivity index (χ1v) is 11.2. The molecule has 5 rings (SSSR count). The van der Waals surface area contributed by atoms with E-state index in [9.17, 15) is 32.7 Å². The van der Waals surface area contributed by atoms with Crippen LogP contribution < -0.4 is 10.7 Å². The van der Waals surface area contributed by atoms with Gasteiger partial charge < -0.3 is 15.0 Å². The van der Waals surface area contributed by atoms with Gasteiger partial charge in [0, 0.05) is 43.0 Å². The maximum atomic E-state index is 13.9. The number of likely N-dealkylation sites (tertiary alicyclic amines) is 1. The number of hydrogen-bond donors (Lipinski definition) is 2. The maximum Gasteiger partial charge on any atom is 0.257 e. The lowest BCUT2D eigenvalue weighted by Gasteiger charge is -2.32. The molecule has 2 bridgehead atoms. The summed E-state index contributed by atoms with van der Waals surface area (Å²) >= 11 is 0. The largest absolute Gasteiger partial charge is 0.503 e. The van der Waals surface area contributed by atoms with Crippen LogP contribution in [0.15, 0.2) is 23.1 Å². The molecule has 34 heavy (non-hydrogen) atoms. The van der Waals surface area contributed by atoms with E-state index in [-0.39, 0.29) is 17.3 Å². The van der Waals surface area contributed by atoms with Gasteiger partial charge in [0.15, 0.2) is 23.7 Å². The van der Waals surface area contributed by atoms with Crippen molar-refractivity contribution in [3.8, 4) is 5.75 Å². The number of carbonyl (C=O) groups is 2. The lowest BCUT2D eigenvalue weighted by Crippen LogP contribution is -2.42. The third-order valence-corrected chi connectivity index (χ3v) is 8.08. The number of fused-ring (bicyclic) bond motifs is 5. The fraction of sp³-hybridized carbons (Fsp3) is 0.458. The molecule has 5 unspecified atom stereocenters. The summed E-state index contributed by atoms with van der Waals surface area (Å²) in [4.78, 5) is 39.3. The second kappa shape index (κ2) is 7.97. The van der Waals surface area contributed by atoms with E-state index in [0.29, 0.717) is 54.7 Å². The van der Waals surface area contributed by atoms with Crippen molar-refractivity contribution in [3.63, 3.8) is 0 Å². The Balaban J connectivity index is 1.40. The highest BCUT2D eigenvalue weighted by molar-refractivity contribution is 5.95. The number of nitrogens with one attached hydrogen (secondary N) is 1. The van der Waals surface area contributed by atoms with Crippen LogP contribution in [0.3, 0.4) is 0 Å². The van der Waals surface area contributed by atoms with Crippen molar-refractivity contribution in [2.75, 3.05) is 7.05 Å². The van der Waals surface area contributed by atoms with E-state index in [2.05, 4.69) is 17.1 Å². The number of hydrogen-bond acceptors (Lipinski definition) is 5. The number of carbonyl (C=O) groups excluding carboxylic acids is 2. The highest BCUT2D eigenvalue weighted by atomic mass is 19.2. The summed E-state index contributed by atoms with van der Waals surface area (Å²) in [5.41, 5.74) is -2.00. The summed E-state index contributed by atoms with van der Waals surface area (Å²) in [6.07, 6.45) is 2.66. The number of likely N-dealkylation sites (N-methyl/N-ethyl adjacent to an activating group) is 1. The molecule has 180 valence electrons. The Morgan fingerprint density at radius 1 is 1.21 bits per heavy atom. The van der Waals surface area contributed by atoms with Crippen molar-refractivity contribution < 1.29 is 27.9 Å². The molecule has 2 N–H and O–H groups in total. The predicted octanol–water partition coefficient (Wildman–Crippen LogP) is 2.30. The molecule has 1 amide bonds. The van der Waals surface area contributed by atoms with Crippen molar-refractivity contribution in [3.05, 3.63) is 62.8 Å². The third kappa shape index (κ3) is 3.34. The molecule has 3 aliphatic rings. The van der Waals surface area contributed by atoms with Gasteiger partial charge >= 0.3 is 0 Å². The van der Waals surface area contributed by atoms with Gasteiger partial charge in [-0.3, -0.25) is 19.3 Å². The van der Waals surface area contributed by atoms with E-state index >= 15 is 0 Å². The van der Waals surface area contributed by atoms with Crippen LogP contribution in [0.4, 0.5) is 13.2 Å². The molecule has 1 aliphatic heterocycles. The quantitative estimate of drug-likeness (QED) is 0.494. The molecule has 6 atom stereocenters. The first-order valence-electron chi connectivity index (χ1n) is 11.2. The van der Waals surface area contributed by atoms with E-state index in [1.54, 1.807) is 0 Å². The lowest BCUT2D eigenvalue weighted by atomic mass is 9.95. The average Bonchev–Trinajstić information content (AvgIpc) is 3.16. The Labute approximate surface area is 193 Å². The van der Waals surface area contributed by atoms with Gasteiger partial charge in [0.1, 0.15) is 17.1 Å². The minimum atomic E-state index is -1.36. The van der Waals surface area contributed by atoms with Gasteiger partial charge in [0.25, 0.3) is 5.91 Å². The van der Waals surface area contributed by atoms with E-state index < -0.39 is 46.6 Å². The molecule has 10 heteroatoms. The second-order valence-electron chi connectivity index (χ2n) is 9.63. The van der Waals surface area contributed by atoms with Crippen LogP contribution in [-0.2, 0) is 13.1 Å². The molecule has 1 aromatic carbocycles. The molecule has 7 nitrogen and oxygen atoms in total. The van der Waals surface area contributed by atoms with Crippen LogP contribution in [-0.4, -0.2) is 45.9 Å². The normalized spacial score (nSPS) is 29.2. The number of amides is 1. The zero-order valence-corrected chi connectivity index (χ0v) is 18.6. The van der Waals surface area contributed by atoms with Gasteiger partial charge in [0.05, 0.1) is 0 Å². The third-order valence-electron chi connectivity index (χ3n) is 8.08. The molecule has 2 aromatic rings. The van der Waals surface area contributed by atoms with Crippen molar-refractivity contribution in [2.24, 2.45) is 23.7 Å². The summed E-state index contributed by atoms with van der Waals surface area (Å²) in [6, 6.07) is 1.54. The van der Waals surface area contributed by atoms with E-state index in [1.165, 1.54) is 10.8 Å². The molecule has 1 saturated heterocycles. The summed E-state index contributed by atoms with van der Waals surface area (Å²) in [5.74, 6) is -3.05. The SMILES string of the molecule is C[C@H]1C2C3CC(C21)N(C)C3Cn1cc(C(=O)NCc2cc(F)c(F)cc2F)c(=O)c(O)c1C=O. The molecule has 0 spiro atoms. The fourth-order valence-corrected chi connectivity index (χ4v) is 6.34. The number of piperidine rings is 1. The summed E-state index contributed by atoms with van der Waals surface area (Å²) in [7, 11) is 2.03. The van der Waals surface area contributed by atoms with Crippen molar-refractivity contribution in [1.29, 1.82) is 0 Å². The molecular formula is C24H24F3N3O4. The van der Waals surface area contributed by atoms with Crippen LogP contribution in [0, 0.1) is 41.1 Å². The van der Waals surface area contributed by atoms with Gasteiger partial charge in [-0.15, -0.1) is 0 Å². The van der Waals surface area contributed by atoms with Crippen LogP contribution in [0.2, 0.25) is 0 Å².